The van der Waals surface area contributed by atoms with Gasteiger partial charge in [-0.2, -0.15) is 0 Å². The maximum Gasteiger partial charge on any atom is 0.287 e. The summed E-state index contributed by atoms with van der Waals surface area (Å²) >= 11 is 0. The van der Waals surface area contributed by atoms with E-state index in [1.807, 2.05) is 6.92 Å². The van der Waals surface area contributed by atoms with Gasteiger partial charge in [-0.05, 0) is 44.0 Å². The van der Waals surface area contributed by atoms with Crippen LogP contribution >= 0.6 is 24.0 Å². The van der Waals surface area contributed by atoms with Gasteiger partial charge in [0.05, 0.1) is 12.8 Å². The van der Waals surface area contributed by atoms with Crippen molar-refractivity contribution in [2.45, 2.75) is 27.3 Å². The van der Waals surface area contributed by atoms with E-state index in [1.54, 1.807) is 12.1 Å². The second-order valence-corrected chi connectivity index (χ2v) is 5.79. The molecule has 1 aromatic carbocycles. The third kappa shape index (κ3) is 7.07. The maximum absolute atomic E-state index is 11.8. The number of amides is 1. The lowest BCUT2D eigenvalue weighted by molar-refractivity contribution is 0.0926. The fourth-order valence-corrected chi connectivity index (χ4v) is 2.38. The average molecular weight is 470 g/mol. The molecule has 0 fully saturated rings. The van der Waals surface area contributed by atoms with Gasteiger partial charge in [-0.25, -0.2) is 4.99 Å². The number of aryl methyl sites for hydroxylation is 2. The van der Waals surface area contributed by atoms with Gasteiger partial charge in [0, 0.05) is 19.6 Å². The monoisotopic (exact) mass is 470 g/mol. The van der Waals surface area contributed by atoms with E-state index in [1.165, 1.54) is 23.0 Å². The number of carbonyl (C=O) groups excluding carboxylic acids is 1. The standard InChI is InChI=1S/C19H26N4O2.HI/c1-4-20-19(23-13-16-8-7-14(2)12-15(16)3)22-10-9-21-18(24)17-6-5-11-25-17;/h5-8,11-12H,4,9-10,13H2,1-3H3,(H,21,24)(H2,20,22,23);1H. The zero-order valence-electron chi connectivity index (χ0n) is 15.5. The van der Waals surface area contributed by atoms with E-state index >= 15 is 0 Å². The van der Waals surface area contributed by atoms with Crippen molar-refractivity contribution in [2.75, 3.05) is 19.6 Å². The molecule has 2 aromatic rings. The van der Waals surface area contributed by atoms with E-state index in [0.717, 1.165) is 12.5 Å². The predicted octanol–water partition coefficient (Wildman–Crippen LogP) is 3.00. The Kier molecular flexibility index (Phi) is 9.79. The highest BCUT2D eigenvalue weighted by atomic mass is 127. The molecule has 3 N–H and O–H groups in total. The van der Waals surface area contributed by atoms with Gasteiger partial charge >= 0.3 is 0 Å². The van der Waals surface area contributed by atoms with Crippen molar-refractivity contribution in [1.82, 2.24) is 16.0 Å². The van der Waals surface area contributed by atoms with Crippen LogP contribution in [0.15, 0.2) is 46.0 Å². The number of nitrogens with zero attached hydrogens (tertiary/aromatic N) is 1. The van der Waals surface area contributed by atoms with Crippen LogP contribution in [-0.4, -0.2) is 31.5 Å². The Hall–Kier alpha value is -2.03. The molecule has 0 saturated heterocycles. The zero-order valence-corrected chi connectivity index (χ0v) is 17.8. The number of benzene rings is 1. The number of carbonyl (C=O) groups is 1. The third-order valence-corrected chi connectivity index (χ3v) is 3.70. The lowest BCUT2D eigenvalue weighted by Crippen LogP contribution is -2.41. The summed E-state index contributed by atoms with van der Waals surface area (Å²) in [5.41, 5.74) is 3.70. The van der Waals surface area contributed by atoms with E-state index in [9.17, 15) is 4.79 Å². The minimum atomic E-state index is -0.219. The molecule has 0 unspecified atom stereocenters. The van der Waals surface area contributed by atoms with Crippen LogP contribution in [0.1, 0.15) is 34.2 Å². The van der Waals surface area contributed by atoms with Crippen molar-refractivity contribution in [1.29, 1.82) is 0 Å². The van der Waals surface area contributed by atoms with E-state index < -0.39 is 0 Å². The van der Waals surface area contributed by atoms with Crippen molar-refractivity contribution in [3.8, 4) is 0 Å². The van der Waals surface area contributed by atoms with E-state index in [-0.39, 0.29) is 29.9 Å². The largest absolute Gasteiger partial charge is 0.459 e. The molecule has 2 rings (SSSR count). The lowest BCUT2D eigenvalue weighted by atomic mass is 10.1. The van der Waals surface area contributed by atoms with Gasteiger partial charge in [0.25, 0.3) is 5.91 Å². The smallest absolute Gasteiger partial charge is 0.287 e. The van der Waals surface area contributed by atoms with Crippen molar-refractivity contribution in [3.63, 3.8) is 0 Å². The molecule has 7 heteroatoms. The minimum Gasteiger partial charge on any atom is -0.459 e. The van der Waals surface area contributed by atoms with E-state index in [2.05, 4.69) is 53.0 Å². The molecule has 1 aromatic heterocycles. The maximum atomic E-state index is 11.8. The predicted molar refractivity (Wildman–Crippen MR) is 115 cm³/mol. The number of furan rings is 1. The highest BCUT2D eigenvalue weighted by molar-refractivity contribution is 14.0. The number of hydrogen-bond donors (Lipinski definition) is 3. The zero-order chi connectivity index (χ0) is 18.1. The number of nitrogens with one attached hydrogen (secondary N) is 3. The number of hydrogen-bond acceptors (Lipinski definition) is 3. The minimum absolute atomic E-state index is 0. The Labute approximate surface area is 171 Å². The summed E-state index contributed by atoms with van der Waals surface area (Å²) < 4.78 is 5.05. The van der Waals surface area contributed by atoms with Crippen LogP contribution in [0.25, 0.3) is 0 Å². The topological polar surface area (TPSA) is 78.7 Å². The number of aliphatic imine (C=N–C) groups is 1. The summed E-state index contributed by atoms with van der Waals surface area (Å²) in [4.78, 5) is 16.4. The van der Waals surface area contributed by atoms with Gasteiger partial charge < -0.3 is 20.4 Å². The summed E-state index contributed by atoms with van der Waals surface area (Å²) in [5.74, 6) is 0.828. The molecule has 0 aliphatic rings. The first-order valence-electron chi connectivity index (χ1n) is 8.50. The summed E-state index contributed by atoms with van der Waals surface area (Å²) in [7, 11) is 0. The Morgan fingerprint density at radius 1 is 1.12 bits per heavy atom. The Morgan fingerprint density at radius 2 is 1.88 bits per heavy atom. The van der Waals surface area contributed by atoms with Crippen LogP contribution in [0.2, 0.25) is 0 Å². The SMILES string of the molecule is CCNC(=NCc1ccc(C)cc1C)NCCNC(=O)c1ccco1.I. The Balaban J connectivity index is 0.00000338. The molecular weight excluding hydrogens is 443 g/mol. The second-order valence-electron chi connectivity index (χ2n) is 5.79. The van der Waals surface area contributed by atoms with Crippen LogP contribution in [-0.2, 0) is 6.54 Å². The quantitative estimate of drug-likeness (QED) is 0.252. The summed E-state index contributed by atoms with van der Waals surface area (Å²) in [5, 5.41) is 9.22. The van der Waals surface area contributed by atoms with Crippen LogP contribution in [0.4, 0.5) is 0 Å². The molecule has 1 amide bonds. The Bertz CT molecular complexity index is 714. The molecule has 0 atom stereocenters. The molecule has 26 heavy (non-hydrogen) atoms. The van der Waals surface area contributed by atoms with Crippen LogP contribution < -0.4 is 16.0 Å². The molecule has 0 bridgehead atoms. The fourth-order valence-electron chi connectivity index (χ4n) is 2.38. The summed E-state index contributed by atoms with van der Waals surface area (Å²) in [6, 6.07) is 9.70. The molecule has 142 valence electrons. The van der Waals surface area contributed by atoms with Crippen LogP contribution in [0, 0.1) is 13.8 Å². The number of guanidine groups is 1. The molecule has 0 aliphatic carbocycles. The first-order valence-corrected chi connectivity index (χ1v) is 8.50. The lowest BCUT2D eigenvalue weighted by Gasteiger charge is -2.12. The summed E-state index contributed by atoms with van der Waals surface area (Å²) in [6.07, 6.45) is 1.48. The highest BCUT2D eigenvalue weighted by Gasteiger charge is 2.07. The molecule has 6 nitrogen and oxygen atoms in total. The number of halogens is 1. The van der Waals surface area contributed by atoms with Gasteiger partial charge in [0.15, 0.2) is 11.7 Å². The van der Waals surface area contributed by atoms with Gasteiger partial charge in [-0.1, -0.05) is 23.8 Å². The fraction of sp³-hybridized carbons (Fsp3) is 0.368. The molecule has 0 aliphatic heterocycles. The molecule has 0 spiro atoms. The summed E-state index contributed by atoms with van der Waals surface area (Å²) in [6.45, 7) is 8.65. The van der Waals surface area contributed by atoms with Crippen molar-refractivity contribution < 1.29 is 9.21 Å². The first-order chi connectivity index (χ1) is 12.1. The molecule has 0 radical (unpaired) electrons. The van der Waals surface area contributed by atoms with E-state index in [0.29, 0.717) is 25.4 Å². The van der Waals surface area contributed by atoms with Gasteiger partial charge in [-0.15, -0.1) is 24.0 Å². The first kappa shape index (κ1) is 22.0. The Morgan fingerprint density at radius 3 is 2.54 bits per heavy atom. The molecule has 0 saturated carbocycles. The van der Waals surface area contributed by atoms with Crippen molar-refractivity contribution in [2.24, 2.45) is 4.99 Å². The van der Waals surface area contributed by atoms with Gasteiger partial charge in [-0.3, -0.25) is 4.79 Å². The van der Waals surface area contributed by atoms with Crippen molar-refractivity contribution in [3.05, 3.63) is 59.0 Å². The van der Waals surface area contributed by atoms with Gasteiger partial charge in [0.2, 0.25) is 0 Å². The molecule has 1 heterocycles. The van der Waals surface area contributed by atoms with E-state index in [4.69, 9.17) is 4.42 Å². The normalized spacial score (nSPS) is 10.8. The van der Waals surface area contributed by atoms with Gasteiger partial charge in [0.1, 0.15) is 0 Å². The van der Waals surface area contributed by atoms with Crippen molar-refractivity contribution >= 4 is 35.8 Å². The molecular formula is C19H27IN4O2. The average Bonchev–Trinajstić information content (AvgIpc) is 3.12. The number of rotatable bonds is 7. The second kappa shape index (κ2) is 11.6. The third-order valence-electron chi connectivity index (χ3n) is 3.70. The van der Waals surface area contributed by atoms with Crippen LogP contribution in [0.5, 0.6) is 0 Å². The van der Waals surface area contributed by atoms with Crippen LogP contribution in [0.3, 0.4) is 0 Å². The highest BCUT2D eigenvalue weighted by Crippen LogP contribution is 2.11.